The maximum absolute atomic E-state index is 11.8. The number of aliphatic carboxylic acids is 1. The van der Waals surface area contributed by atoms with E-state index in [-0.39, 0.29) is 35.8 Å². The number of fused-ring (bicyclic) bond motifs is 1. The predicted molar refractivity (Wildman–Crippen MR) is 94.5 cm³/mol. The summed E-state index contributed by atoms with van der Waals surface area (Å²) < 4.78 is 4.11. The first-order valence-electron chi connectivity index (χ1n) is 7.91. The topological polar surface area (TPSA) is 149 Å². The van der Waals surface area contributed by atoms with E-state index in [9.17, 15) is 29.7 Å². The van der Waals surface area contributed by atoms with E-state index in [4.69, 9.17) is 4.74 Å². The highest BCUT2D eigenvalue weighted by atomic mass is 32.2. The van der Waals surface area contributed by atoms with Gasteiger partial charge in [0.15, 0.2) is 11.5 Å². The number of β-lactam (4-membered cyclic amide) rings is 1. The molecule has 1 aromatic rings. The van der Waals surface area contributed by atoms with E-state index in [0.717, 1.165) is 0 Å². The quantitative estimate of drug-likeness (QED) is 0.246. The van der Waals surface area contributed by atoms with E-state index >= 15 is 0 Å². The van der Waals surface area contributed by atoms with Gasteiger partial charge in [0, 0.05) is 0 Å². The van der Waals surface area contributed by atoms with Gasteiger partial charge in [0.05, 0.1) is 22.8 Å². The lowest BCUT2D eigenvalue weighted by Crippen LogP contribution is -2.58. The Labute approximate surface area is 157 Å². The molecule has 2 heterocycles. The lowest BCUT2D eigenvalue weighted by Gasteiger charge is -2.36. The van der Waals surface area contributed by atoms with Crippen LogP contribution in [0.15, 0.2) is 23.3 Å². The molecule has 0 saturated carbocycles. The monoisotopic (exact) mass is 395 g/mol. The molecule has 27 heavy (non-hydrogen) atoms. The lowest BCUT2D eigenvalue weighted by atomic mass is 9.97. The summed E-state index contributed by atoms with van der Waals surface area (Å²) in [5.74, 6) is -1.98. The van der Waals surface area contributed by atoms with Gasteiger partial charge in [-0.3, -0.25) is 4.79 Å². The molecule has 1 aromatic carbocycles. The molecule has 2 aliphatic rings. The summed E-state index contributed by atoms with van der Waals surface area (Å²) in [7, 11) is 0. The van der Waals surface area contributed by atoms with Crippen LogP contribution < -0.4 is 5.43 Å². The van der Waals surface area contributed by atoms with Crippen molar-refractivity contribution >= 4 is 35.9 Å². The first kappa shape index (κ1) is 18.8. The molecule has 0 spiro atoms. The van der Waals surface area contributed by atoms with Gasteiger partial charge in [-0.05, 0) is 30.7 Å². The highest BCUT2D eigenvalue weighted by molar-refractivity contribution is 8.01. The first-order chi connectivity index (χ1) is 12.7. The number of rotatable bonds is 5. The summed E-state index contributed by atoms with van der Waals surface area (Å²) in [6, 6.07) is 2.93. The van der Waals surface area contributed by atoms with Crippen molar-refractivity contribution in [3.05, 3.63) is 23.8 Å². The van der Waals surface area contributed by atoms with Gasteiger partial charge in [0.2, 0.25) is 5.91 Å². The Morgan fingerprint density at radius 3 is 2.81 bits per heavy atom. The van der Waals surface area contributed by atoms with Crippen LogP contribution in [0.1, 0.15) is 18.9 Å². The Morgan fingerprint density at radius 2 is 2.19 bits per heavy atom. The van der Waals surface area contributed by atoms with Crippen LogP contribution in [0.3, 0.4) is 0 Å². The molecule has 2 aliphatic heterocycles. The highest BCUT2D eigenvalue weighted by Gasteiger charge is 2.61. The molecule has 10 nitrogen and oxygen atoms in total. The van der Waals surface area contributed by atoms with Crippen molar-refractivity contribution in [2.75, 3.05) is 6.61 Å². The Hall–Kier alpha value is -2.95. The number of aromatic hydroxyl groups is 2. The number of ether oxygens (including phenoxy) is 1. The van der Waals surface area contributed by atoms with Crippen LogP contribution in [0.25, 0.3) is 0 Å². The molecule has 0 unspecified atom stereocenters. The van der Waals surface area contributed by atoms with E-state index in [1.54, 1.807) is 6.92 Å². The van der Waals surface area contributed by atoms with Crippen LogP contribution in [0.2, 0.25) is 0 Å². The molecule has 11 heteroatoms. The highest BCUT2D eigenvalue weighted by Crippen LogP contribution is 2.51. The maximum Gasteiger partial charge on any atom is 0.427 e. The summed E-state index contributed by atoms with van der Waals surface area (Å²) in [6.45, 7) is 1.42. The number of hydrazone groups is 1. The first-order valence-corrected chi connectivity index (χ1v) is 8.79. The van der Waals surface area contributed by atoms with E-state index in [1.807, 2.05) is 0 Å². The Balaban J connectivity index is 1.55. The Kier molecular flexibility index (Phi) is 4.87. The molecular formula is C16H17N3O7S. The minimum Gasteiger partial charge on any atom is -0.504 e. The van der Waals surface area contributed by atoms with Gasteiger partial charge in [-0.1, -0.05) is 0 Å². The van der Waals surface area contributed by atoms with Crippen molar-refractivity contribution in [2.24, 2.45) is 5.10 Å². The zero-order chi connectivity index (χ0) is 19.8. The second-order valence-corrected chi connectivity index (χ2v) is 8.04. The van der Waals surface area contributed by atoms with Crippen LogP contribution in [0.5, 0.6) is 11.5 Å². The van der Waals surface area contributed by atoms with E-state index < -0.39 is 22.9 Å². The summed E-state index contributed by atoms with van der Waals surface area (Å²) >= 11 is 1.30. The second-order valence-electron chi connectivity index (χ2n) is 6.33. The van der Waals surface area contributed by atoms with Gasteiger partial charge in [-0.2, -0.15) is 5.10 Å². The summed E-state index contributed by atoms with van der Waals surface area (Å²) in [5, 5.41) is 31.5. The number of phenolic OH excluding ortho intramolecular Hbond substituents is 2. The molecule has 0 aliphatic carbocycles. The number of carbonyl (C=O) groups excluding carboxylic acids is 2. The lowest BCUT2D eigenvalue weighted by molar-refractivity contribution is -0.157. The van der Waals surface area contributed by atoms with Gasteiger partial charge in [-0.25, -0.2) is 15.0 Å². The largest absolute Gasteiger partial charge is 0.504 e. The van der Waals surface area contributed by atoms with Gasteiger partial charge in [0.1, 0.15) is 12.6 Å². The van der Waals surface area contributed by atoms with Crippen LogP contribution in [0, 0.1) is 0 Å². The Morgan fingerprint density at radius 1 is 1.44 bits per heavy atom. The molecule has 2 saturated heterocycles. The normalized spacial score (nSPS) is 26.6. The number of phenols is 2. The number of carboxylic acids is 1. The second kappa shape index (κ2) is 6.99. The summed E-state index contributed by atoms with van der Waals surface area (Å²) in [6.07, 6.45) is 0.623. The van der Waals surface area contributed by atoms with Crippen LogP contribution >= 0.6 is 11.8 Å². The minimum atomic E-state index is -1.14. The van der Waals surface area contributed by atoms with Crippen molar-refractivity contribution in [1.82, 2.24) is 10.3 Å². The van der Waals surface area contributed by atoms with Crippen molar-refractivity contribution in [3.8, 4) is 11.5 Å². The van der Waals surface area contributed by atoms with E-state index in [2.05, 4.69) is 10.5 Å². The van der Waals surface area contributed by atoms with Gasteiger partial charge in [0.25, 0.3) is 0 Å². The number of benzene rings is 1. The molecular weight excluding hydrogens is 378 g/mol. The molecule has 2 amide bonds. The zero-order valence-electron chi connectivity index (χ0n) is 14.2. The van der Waals surface area contributed by atoms with Crippen molar-refractivity contribution in [3.63, 3.8) is 0 Å². The number of nitrogens with zero attached hydrogens (tertiary/aromatic N) is 2. The number of thioether (sulfide) groups is 1. The van der Waals surface area contributed by atoms with Crippen LogP contribution in [-0.4, -0.2) is 67.2 Å². The zero-order valence-corrected chi connectivity index (χ0v) is 15.0. The van der Waals surface area contributed by atoms with E-state index in [1.165, 1.54) is 41.1 Å². The molecule has 0 bridgehead atoms. The maximum atomic E-state index is 11.8. The van der Waals surface area contributed by atoms with Gasteiger partial charge >= 0.3 is 12.1 Å². The summed E-state index contributed by atoms with van der Waals surface area (Å²) in [4.78, 5) is 36.3. The number of hydrogen-bond acceptors (Lipinski definition) is 8. The average Bonchev–Trinajstić information content (AvgIpc) is 2.84. The molecule has 4 N–H and O–H groups in total. The number of carbonyl (C=O) groups is 3. The molecule has 144 valence electrons. The van der Waals surface area contributed by atoms with Crippen LogP contribution in [-0.2, 0) is 14.3 Å². The van der Waals surface area contributed by atoms with E-state index in [0.29, 0.717) is 5.56 Å². The van der Waals surface area contributed by atoms with Gasteiger partial charge < -0.3 is 25.0 Å². The minimum absolute atomic E-state index is 0.212. The smallest absolute Gasteiger partial charge is 0.427 e. The molecule has 2 fully saturated rings. The van der Waals surface area contributed by atoms with Crippen molar-refractivity contribution in [1.29, 1.82) is 0 Å². The third-order valence-electron chi connectivity index (χ3n) is 4.30. The predicted octanol–water partition coefficient (Wildman–Crippen LogP) is 0.675. The third kappa shape index (κ3) is 3.63. The van der Waals surface area contributed by atoms with Crippen molar-refractivity contribution in [2.45, 2.75) is 29.5 Å². The van der Waals surface area contributed by atoms with Crippen LogP contribution in [0.4, 0.5) is 4.79 Å². The third-order valence-corrected chi connectivity index (χ3v) is 5.85. The Bertz CT molecular complexity index is 830. The fraction of sp³-hybridized carbons (Fsp3) is 0.375. The molecule has 3 rings (SSSR count). The fourth-order valence-corrected chi connectivity index (χ4v) is 4.66. The number of hydrogen-bond donors (Lipinski definition) is 4. The summed E-state index contributed by atoms with van der Waals surface area (Å²) in [5.41, 5.74) is 2.55. The fourth-order valence-electron chi connectivity index (χ4n) is 2.99. The number of amides is 2. The molecule has 3 atom stereocenters. The number of carboxylic acid groups (broad SMARTS) is 1. The standard InChI is InChI=1S/C16H17N3O7S/c1-16(13(14(23)24)19-11(22)5-12(19)27-16)7-26-15(25)18-17-6-8-2-3-9(20)10(21)4-8/h2-4,6,12-13,20-21H,5,7H2,1H3,(H,18,25)(H,23,24)/b17-6+/t12-,13+,16+/m1/s1. The average molecular weight is 395 g/mol. The molecule has 0 aromatic heterocycles. The number of nitrogens with one attached hydrogen (secondary N) is 1. The van der Waals surface area contributed by atoms with Crippen molar-refractivity contribution < 1.29 is 34.4 Å². The van der Waals surface area contributed by atoms with Gasteiger partial charge in [-0.15, -0.1) is 11.8 Å². The molecule has 0 radical (unpaired) electrons. The SMILES string of the molecule is C[C@@]1(COC(=O)N/N=C/c2ccc(O)c(O)c2)S[C@@H]2CC(=O)N2[C@H]1C(=O)O.